The Morgan fingerprint density at radius 3 is 2.74 bits per heavy atom. The number of hydrogen-bond donors (Lipinski definition) is 1. The second-order valence-corrected chi connectivity index (χ2v) is 6.34. The quantitative estimate of drug-likeness (QED) is 0.765. The van der Waals surface area contributed by atoms with Crippen LogP contribution in [0.15, 0.2) is 48.8 Å². The first kappa shape index (κ1) is 18.7. The van der Waals surface area contributed by atoms with Crippen molar-refractivity contribution in [2.75, 3.05) is 26.8 Å². The molecular weight excluding hydrogens is 346 g/mol. The van der Waals surface area contributed by atoms with Gasteiger partial charge < -0.3 is 19.7 Å². The van der Waals surface area contributed by atoms with Gasteiger partial charge in [-0.3, -0.25) is 14.6 Å². The number of benzene rings is 1. The van der Waals surface area contributed by atoms with Crippen molar-refractivity contribution in [2.45, 2.75) is 13.0 Å². The van der Waals surface area contributed by atoms with E-state index in [-0.39, 0.29) is 24.2 Å². The van der Waals surface area contributed by atoms with Crippen LogP contribution in [0.2, 0.25) is 0 Å². The number of aromatic nitrogens is 1. The third-order valence-corrected chi connectivity index (χ3v) is 4.46. The van der Waals surface area contributed by atoms with Crippen molar-refractivity contribution in [1.82, 2.24) is 15.2 Å². The molecule has 2 aromatic rings. The molecule has 27 heavy (non-hydrogen) atoms. The molecule has 1 aromatic carbocycles. The fourth-order valence-electron chi connectivity index (χ4n) is 2.95. The second-order valence-electron chi connectivity index (χ2n) is 6.34. The number of hydrogen-bond acceptors (Lipinski definition) is 5. The maximum atomic E-state index is 12.3. The highest BCUT2D eigenvalue weighted by Gasteiger charge is 2.33. The first-order chi connectivity index (χ1) is 13.2. The molecule has 1 aliphatic rings. The molecule has 7 heteroatoms. The maximum Gasteiger partial charge on any atom is 0.225 e. The molecule has 142 valence electrons. The average Bonchev–Trinajstić information content (AvgIpc) is 3.08. The van der Waals surface area contributed by atoms with E-state index in [9.17, 15) is 9.59 Å². The standard InChI is InChI=1S/C20H23N3O4/c1-26-17-4-6-18(7-5-17)27-10-9-23-14-16(11-19(23)24)20(25)22-13-15-3-2-8-21-12-15/h2-8,12,16H,9-11,13-14H2,1H3,(H,22,25). The topological polar surface area (TPSA) is 80.8 Å². The first-order valence-electron chi connectivity index (χ1n) is 8.87. The van der Waals surface area contributed by atoms with Crippen LogP contribution in [0, 0.1) is 5.92 Å². The molecule has 1 unspecified atom stereocenters. The highest BCUT2D eigenvalue weighted by molar-refractivity contribution is 5.89. The third kappa shape index (κ3) is 5.20. The molecule has 1 fully saturated rings. The largest absolute Gasteiger partial charge is 0.497 e. The van der Waals surface area contributed by atoms with Gasteiger partial charge >= 0.3 is 0 Å². The van der Waals surface area contributed by atoms with Gasteiger partial charge in [0.2, 0.25) is 11.8 Å². The number of methoxy groups -OCH3 is 1. The van der Waals surface area contributed by atoms with E-state index >= 15 is 0 Å². The van der Waals surface area contributed by atoms with Crippen molar-refractivity contribution in [3.63, 3.8) is 0 Å². The van der Waals surface area contributed by atoms with Crippen molar-refractivity contribution >= 4 is 11.8 Å². The van der Waals surface area contributed by atoms with Crippen LogP contribution in [0.4, 0.5) is 0 Å². The maximum absolute atomic E-state index is 12.3. The molecule has 2 amide bonds. The van der Waals surface area contributed by atoms with E-state index in [1.54, 1.807) is 24.4 Å². The smallest absolute Gasteiger partial charge is 0.225 e. The molecule has 2 heterocycles. The van der Waals surface area contributed by atoms with Crippen molar-refractivity contribution in [1.29, 1.82) is 0 Å². The van der Waals surface area contributed by atoms with E-state index in [0.717, 1.165) is 11.3 Å². The Morgan fingerprint density at radius 1 is 1.26 bits per heavy atom. The van der Waals surface area contributed by atoms with E-state index in [1.165, 1.54) is 0 Å². The Bertz CT molecular complexity index is 765. The number of carbonyl (C=O) groups excluding carboxylic acids is 2. The number of pyridine rings is 1. The second kappa shape index (κ2) is 9.02. The summed E-state index contributed by atoms with van der Waals surface area (Å²) in [5.41, 5.74) is 0.930. The number of amides is 2. The summed E-state index contributed by atoms with van der Waals surface area (Å²) < 4.78 is 10.8. The van der Waals surface area contributed by atoms with Gasteiger partial charge in [-0.2, -0.15) is 0 Å². The number of likely N-dealkylation sites (tertiary alicyclic amines) is 1. The average molecular weight is 369 g/mol. The Morgan fingerprint density at radius 2 is 2.04 bits per heavy atom. The SMILES string of the molecule is COc1ccc(OCCN2CC(C(=O)NCc3cccnc3)CC2=O)cc1. The molecular formula is C20H23N3O4. The Balaban J connectivity index is 1.42. The van der Waals surface area contributed by atoms with Crippen LogP contribution in [0.3, 0.4) is 0 Å². The van der Waals surface area contributed by atoms with Crippen LogP contribution in [-0.2, 0) is 16.1 Å². The zero-order chi connectivity index (χ0) is 19.1. The van der Waals surface area contributed by atoms with E-state index in [1.807, 2.05) is 36.4 Å². The molecule has 0 bridgehead atoms. The van der Waals surface area contributed by atoms with Gasteiger partial charge in [0.05, 0.1) is 19.6 Å². The van der Waals surface area contributed by atoms with E-state index < -0.39 is 0 Å². The predicted octanol–water partition coefficient (Wildman–Crippen LogP) is 1.63. The minimum Gasteiger partial charge on any atom is -0.497 e. The number of nitrogens with zero attached hydrogens (tertiary/aromatic N) is 2. The molecule has 0 aliphatic carbocycles. The van der Waals surface area contributed by atoms with Crippen molar-refractivity contribution in [3.05, 3.63) is 54.4 Å². The summed E-state index contributed by atoms with van der Waals surface area (Å²) in [4.78, 5) is 30.2. The van der Waals surface area contributed by atoms with Crippen LogP contribution >= 0.6 is 0 Å². The van der Waals surface area contributed by atoms with E-state index in [0.29, 0.717) is 32.0 Å². The first-order valence-corrected chi connectivity index (χ1v) is 8.87. The summed E-state index contributed by atoms with van der Waals surface area (Å²) in [6, 6.07) is 11.0. The summed E-state index contributed by atoms with van der Waals surface area (Å²) in [5.74, 6) is 1.03. The van der Waals surface area contributed by atoms with Gasteiger partial charge in [0.15, 0.2) is 0 Å². The third-order valence-electron chi connectivity index (χ3n) is 4.46. The molecule has 1 aromatic heterocycles. The Labute approximate surface area is 158 Å². The van der Waals surface area contributed by atoms with Gasteiger partial charge in [-0.25, -0.2) is 0 Å². The van der Waals surface area contributed by atoms with Gasteiger partial charge in [-0.15, -0.1) is 0 Å². The normalized spacial score (nSPS) is 16.3. The van der Waals surface area contributed by atoms with E-state index in [2.05, 4.69) is 10.3 Å². The van der Waals surface area contributed by atoms with Crippen molar-refractivity contribution < 1.29 is 19.1 Å². The molecule has 1 atom stereocenters. The monoisotopic (exact) mass is 369 g/mol. The Kier molecular flexibility index (Phi) is 6.25. The summed E-state index contributed by atoms with van der Waals surface area (Å²) in [6.07, 6.45) is 3.64. The minimum atomic E-state index is -0.324. The van der Waals surface area contributed by atoms with Crippen LogP contribution in [0.25, 0.3) is 0 Å². The molecule has 0 radical (unpaired) electrons. The summed E-state index contributed by atoms with van der Waals surface area (Å²) in [7, 11) is 1.61. The van der Waals surface area contributed by atoms with Gasteiger partial charge in [0.25, 0.3) is 0 Å². The molecule has 1 N–H and O–H groups in total. The molecule has 1 aliphatic heterocycles. The van der Waals surface area contributed by atoms with Gasteiger partial charge in [-0.05, 0) is 35.9 Å². The zero-order valence-corrected chi connectivity index (χ0v) is 15.3. The van der Waals surface area contributed by atoms with Crippen LogP contribution in [-0.4, -0.2) is 48.5 Å². The number of ether oxygens (including phenoxy) is 2. The Hall–Kier alpha value is -3.09. The van der Waals surface area contributed by atoms with Gasteiger partial charge in [0.1, 0.15) is 18.1 Å². The highest BCUT2D eigenvalue weighted by atomic mass is 16.5. The van der Waals surface area contributed by atoms with E-state index in [4.69, 9.17) is 9.47 Å². The van der Waals surface area contributed by atoms with Gasteiger partial charge in [0, 0.05) is 31.9 Å². The zero-order valence-electron chi connectivity index (χ0n) is 15.3. The fourth-order valence-corrected chi connectivity index (χ4v) is 2.95. The highest BCUT2D eigenvalue weighted by Crippen LogP contribution is 2.19. The minimum absolute atomic E-state index is 0.0186. The molecule has 1 saturated heterocycles. The lowest BCUT2D eigenvalue weighted by molar-refractivity contribution is -0.129. The molecule has 0 saturated carbocycles. The lowest BCUT2D eigenvalue weighted by Gasteiger charge is -2.17. The molecule has 0 spiro atoms. The van der Waals surface area contributed by atoms with Crippen molar-refractivity contribution in [2.24, 2.45) is 5.92 Å². The number of rotatable bonds is 8. The summed E-state index contributed by atoms with van der Waals surface area (Å²) >= 11 is 0. The number of carbonyl (C=O) groups is 2. The lowest BCUT2D eigenvalue weighted by atomic mass is 10.1. The number of nitrogens with one attached hydrogen (secondary N) is 1. The lowest BCUT2D eigenvalue weighted by Crippen LogP contribution is -2.34. The van der Waals surface area contributed by atoms with Crippen LogP contribution < -0.4 is 14.8 Å². The van der Waals surface area contributed by atoms with Crippen LogP contribution in [0.5, 0.6) is 11.5 Å². The molecule has 7 nitrogen and oxygen atoms in total. The summed E-state index contributed by atoms with van der Waals surface area (Å²) in [6.45, 7) is 1.67. The predicted molar refractivity (Wildman–Crippen MR) is 99.3 cm³/mol. The summed E-state index contributed by atoms with van der Waals surface area (Å²) in [5, 5.41) is 2.87. The van der Waals surface area contributed by atoms with Crippen LogP contribution in [0.1, 0.15) is 12.0 Å². The molecule has 3 rings (SSSR count). The fraction of sp³-hybridized carbons (Fsp3) is 0.350. The van der Waals surface area contributed by atoms with Crippen molar-refractivity contribution in [3.8, 4) is 11.5 Å². The van der Waals surface area contributed by atoms with Gasteiger partial charge in [-0.1, -0.05) is 6.07 Å².